The SMILES string of the molecule is C[C@@H]1[C@@H](NC(=O)/C(=N\OC(C)(C)C(=O)O)c2csc(N)n2)C(=O)N1P(=O)(O)OCC(=O)O. The number of nitrogens with one attached hydrogen (secondary N) is 1. The molecule has 6 N–H and O–H groups in total. The number of carboxylic acids is 2. The average Bonchev–Trinajstić information content (AvgIpc) is 3.10. The maximum Gasteiger partial charge on any atom is 0.435 e. The predicted molar refractivity (Wildman–Crippen MR) is 108 cm³/mol. The Bertz CT molecular complexity index is 1020. The topological polar surface area (TPSA) is 231 Å². The number of oxime groups is 1. The Balaban J connectivity index is 2.20. The molecule has 0 bridgehead atoms. The van der Waals surface area contributed by atoms with Crippen LogP contribution in [0.4, 0.5) is 5.13 Å². The van der Waals surface area contributed by atoms with Crippen LogP contribution in [0.5, 0.6) is 0 Å². The van der Waals surface area contributed by atoms with Gasteiger partial charge in [0.2, 0.25) is 5.60 Å². The molecular weight excluding hydrogens is 473 g/mol. The van der Waals surface area contributed by atoms with E-state index in [9.17, 15) is 28.6 Å². The molecule has 1 aliphatic heterocycles. The molecule has 2 amide bonds. The monoisotopic (exact) mass is 493 g/mol. The van der Waals surface area contributed by atoms with Gasteiger partial charge in [0, 0.05) is 5.38 Å². The minimum Gasteiger partial charge on any atom is -0.480 e. The van der Waals surface area contributed by atoms with Crippen molar-refractivity contribution in [2.75, 3.05) is 12.3 Å². The molecule has 0 radical (unpaired) electrons. The molecule has 2 heterocycles. The van der Waals surface area contributed by atoms with E-state index in [1.807, 2.05) is 0 Å². The van der Waals surface area contributed by atoms with Crippen LogP contribution in [0.3, 0.4) is 0 Å². The molecule has 0 aliphatic carbocycles. The van der Waals surface area contributed by atoms with Crippen LogP contribution >= 0.6 is 19.1 Å². The highest BCUT2D eigenvalue weighted by Crippen LogP contribution is 2.52. The van der Waals surface area contributed by atoms with Crippen LogP contribution in [0.15, 0.2) is 10.5 Å². The molecule has 0 spiro atoms. The Labute approximate surface area is 184 Å². The van der Waals surface area contributed by atoms with Crippen molar-refractivity contribution in [2.45, 2.75) is 38.5 Å². The first-order valence-electron chi connectivity index (χ1n) is 8.72. The number of amides is 2. The number of nitrogen functional groups attached to an aromatic ring is 1. The summed E-state index contributed by atoms with van der Waals surface area (Å²) in [6.45, 7) is 2.59. The highest BCUT2D eigenvalue weighted by atomic mass is 32.1. The number of carbonyl (C=O) groups is 4. The lowest BCUT2D eigenvalue weighted by Gasteiger charge is -2.45. The first-order valence-corrected chi connectivity index (χ1v) is 11.1. The van der Waals surface area contributed by atoms with E-state index in [4.69, 9.17) is 20.8 Å². The lowest BCUT2D eigenvalue weighted by Crippen LogP contribution is -2.68. The summed E-state index contributed by atoms with van der Waals surface area (Å²) in [5.41, 5.74) is 3.22. The van der Waals surface area contributed by atoms with Crippen LogP contribution < -0.4 is 11.1 Å². The van der Waals surface area contributed by atoms with Gasteiger partial charge in [0.05, 0.1) is 6.04 Å². The van der Waals surface area contributed by atoms with Gasteiger partial charge in [0.1, 0.15) is 11.7 Å². The Morgan fingerprint density at radius 1 is 1.41 bits per heavy atom. The number of nitrogens with zero attached hydrogens (tertiary/aromatic N) is 3. The zero-order valence-electron chi connectivity index (χ0n) is 16.9. The molecule has 1 aromatic rings. The van der Waals surface area contributed by atoms with E-state index in [1.54, 1.807) is 0 Å². The van der Waals surface area contributed by atoms with E-state index in [1.165, 1.54) is 26.2 Å². The number of β-lactam (4-membered cyclic amide) rings is 1. The van der Waals surface area contributed by atoms with Crippen LogP contribution in [-0.2, 0) is 33.1 Å². The summed E-state index contributed by atoms with van der Waals surface area (Å²) < 4.78 is 16.9. The summed E-state index contributed by atoms with van der Waals surface area (Å²) in [6, 6.07) is -2.33. The van der Waals surface area contributed by atoms with Crippen LogP contribution in [0.1, 0.15) is 26.5 Å². The second-order valence-electron chi connectivity index (χ2n) is 6.95. The molecule has 1 aliphatic rings. The van der Waals surface area contributed by atoms with Crippen LogP contribution in [-0.4, -0.2) is 78.5 Å². The number of carboxylic acid groups (broad SMARTS) is 2. The van der Waals surface area contributed by atoms with Gasteiger partial charge in [0.15, 0.2) is 17.5 Å². The highest BCUT2D eigenvalue weighted by Gasteiger charge is 2.54. The number of aromatic nitrogens is 1. The average molecular weight is 493 g/mol. The molecule has 3 atom stereocenters. The Morgan fingerprint density at radius 2 is 2.03 bits per heavy atom. The molecular formula is C15H20N5O10PS. The number of hydrogen-bond acceptors (Lipinski definition) is 11. The molecule has 0 saturated carbocycles. The summed E-state index contributed by atoms with van der Waals surface area (Å²) in [6.07, 6.45) is 0. The third-order valence-electron chi connectivity index (χ3n) is 4.13. The zero-order chi connectivity index (χ0) is 24.4. The molecule has 1 unspecified atom stereocenters. The molecule has 1 fully saturated rings. The lowest BCUT2D eigenvalue weighted by atomic mass is 10.0. The molecule has 2 rings (SSSR count). The maximum absolute atomic E-state index is 12.7. The van der Waals surface area contributed by atoms with Crippen molar-refractivity contribution in [3.63, 3.8) is 0 Å². The van der Waals surface area contributed by atoms with E-state index in [0.717, 1.165) is 11.3 Å². The van der Waals surface area contributed by atoms with E-state index in [0.29, 0.717) is 4.67 Å². The van der Waals surface area contributed by atoms with Crippen molar-refractivity contribution in [3.05, 3.63) is 11.1 Å². The molecule has 0 aromatic carbocycles. The smallest absolute Gasteiger partial charge is 0.435 e. The van der Waals surface area contributed by atoms with Crippen LogP contribution in [0.25, 0.3) is 0 Å². The second kappa shape index (κ2) is 9.20. The van der Waals surface area contributed by atoms with E-state index in [2.05, 4.69) is 20.0 Å². The van der Waals surface area contributed by atoms with E-state index >= 15 is 0 Å². The van der Waals surface area contributed by atoms with Crippen molar-refractivity contribution in [1.82, 2.24) is 15.0 Å². The number of aliphatic carboxylic acids is 2. The van der Waals surface area contributed by atoms with Crippen LogP contribution in [0.2, 0.25) is 0 Å². The highest BCUT2D eigenvalue weighted by molar-refractivity contribution is 7.51. The van der Waals surface area contributed by atoms with Gasteiger partial charge >= 0.3 is 19.7 Å². The first kappa shape index (κ1) is 25.2. The van der Waals surface area contributed by atoms with Gasteiger partial charge in [-0.1, -0.05) is 5.16 Å². The Kier molecular flexibility index (Phi) is 7.24. The van der Waals surface area contributed by atoms with E-state index < -0.39 is 61.5 Å². The summed E-state index contributed by atoms with van der Waals surface area (Å²) >= 11 is 0.965. The van der Waals surface area contributed by atoms with Crippen LogP contribution in [0, 0.1) is 0 Å². The summed E-state index contributed by atoms with van der Waals surface area (Å²) in [4.78, 5) is 65.5. The molecule has 1 aromatic heterocycles. The van der Waals surface area contributed by atoms with Crippen molar-refractivity contribution < 1.29 is 48.2 Å². The summed E-state index contributed by atoms with van der Waals surface area (Å²) in [5.74, 6) is -4.89. The minimum absolute atomic E-state index is 0.0555. The van der Waals surface area contributed by atoms with Gasteiger partial charge in [-0.15, -0.1) is 11.3 Å². The first-order chi connectivity index (χ1) is 14.7. The van der Waals surface area contributed by atoms with Gasteiger partial charge < -0.3 is 31.0 Å². The Hall–Kier alpha value is -3.07. The fourth-order valence-corrected chi connectivity index (χ4v) is 4.27. The van der Waals surface area contributed by atoms with Gasteiger partial charge in [-0.3, -0.25) is 14.1 Å². The zero-order valence-corrected chi connectivity index (χ0v) is 18.6. The largest absolute Gasteiger partial charge is 0.480 e. The molecule has 1 saturated heterocycles. The minimum atomic E-state index is -4.76. The third-order valence-corrected chi connectivity index (χ3v) is 6.38. The quantitative estimate of drug-likeness (QED) is 0.117. The maximum atomic E-state index is 12.7. The normalized spacial score (nSPS) is 20.8. The molecule has 15 nitrogen and oxygen atoms in total. The number of anilines is 1. The predicted octanol–water partition coefficient (Wildman–Crippen LogP) is -0.774. The van der Waals surface area contributed by atoms with Crippen molar-refractivity contribution in [3.8, 4) is 0 Å². The standard InChI is InChI=1S/C15H20N5O10PS/c1-6-9(12(24)20(6)31(27,28)29-4-8(21)22)18-11(23)10(7-5-32-14(16)17-7)19-30-15(2,3)13(25)26/h5-6,9H,4H2,1-3H3,(H2,16,17)(H,18,23)(H,21,22)(H,25,26)(H,27,28)/b19-10-/t6-,9-/m1/s1. The lowest BCUT2D eigenvalue weighted by molar-refractivity contribution is -0.161. The Morgan fingerprint density at radius 3 is 2.50 bits per heavy atom. The van der Waals surface area contributed by atoms with Gasteiger partial charge in [-0.05, 0) is 20.8 Å². The second-order valence-corrected chi connectivity index (χ2v) is 9.51. The van der Waals surface area contributed by atoms with Crippen molar-refractivity contribution in [1.29, 1.82) is 0 Å². The summed E-state index contributed by atoms with van der Waals surface area (Å²) in [5, 5.41) is 25.0. The third kappa shape index (κ3) is 5.40. The number of nitrogens with two attached hydrogens (primary N) is 1. The number of hydrogen-bond donors (Lipinski definition) is 5. The van der Waals surface area contributed by atoms with Gasteiger partial charge in [0.25, 0.3) is 11.8 Å². The summed E-state index contributed by atoms with van der Waals surface area (Å²) in [7, 11) is -4.76. The van der Waals surface area contributed by atoms with Gasteiger partial charge in [-0.2, -0.15) is 0 Å². The number of rotatable bonds is 10. The number of thiazole rings is 1. The van der Waals surface area contributed by atoms with Gasteiger partial charge in [-0.25, -0.2) is 23.8 Å². The molecule has 32 heavy (non-hydrogen) atoms. The number of carbonyl (C=O) groups excluding carboxylic acids is 2. The molecule has 176 valence electrons. The fourth-order valence-electron chi connectivity index (χ4n) is 2.36. The fraction of sp³-hybridized carbons (Fsp3) is 0.467. The van der Waals surface area contributed by atoms with E-state index in [-0.39, 0.29) is 10.8 Å². The van der Waals surface area contributed by atoms with Crippen molar-refractivity contribution >= 4 is 53.7 Å². The molecule has 17 heteroatoms. The van der Waals surface area contributed by atoms with Crippen molar-refractivity contribution in [2.24, 2.45) is 5.16 Å².